The van der Waals surface area contributed by atoms with Crippen LogP contribution in [0.15, 0.2) is 18.2 Å². The highest BCUT2D eigenvalue weighted by molar-refractivity contribution is 5.63. The molecule has 1 aromatic carbocycles. The van der Waals surface area contributed by atoms with E-state index in [0.29, 0.717) is 17.0 Å². The van der Waals surface area contributed by atoms with Crippen molar-refractivity contribution < 1.29 is 4.74 Å². The highest BCUT2D eigenvalue weighted by Gasteiger charge is 2.18. The summed E-state index contributed by atoms with van der Waals surface area (Å²) >= 11 is 0. The Labute approximate surface area is 90.5 Å². The fourth-order valence-electron chi connectivity index (χ4n) is 1.10. The Morgan fingerprint density at radius 3 is 2.67 bits per heavy atom. The lowest BCUT2D eigenvalue weighted by Gasteiger charge is -2.25. The van der Waals surface area contributed by atoms with Crippen molar-refractivity contribution in [1.82, 2.24) is 0 Å². The zero-order chi connectivity index (χ0) is 11.5. The molecule has 0 spiro atoms. The number of rotatable bonds is 3. The highest BCUT2D eigenvalue weighted by atomic mass is 16.5. The molecule has 3 nitrogen and oxygen atoms in total. The highest BCUT2D eigenvalue weighted by Crippen LogP contribution is 2.29. The summed E-state index contributed by atoms with van der Waals surface area (Å²) in [5.41, 5.74) is 6.42. The van der Waals surface area contributed by atoms with Crippen LogP contribution >= 0.6 is 0 Å². The van der Waals surface area contributed by atoms with Crippen molar-refractivity contribution in [3.63, 3.8) is 0 Å². The number of ether oxygens (including phenoxy) is 1. The molecule has 0 bridgehead atoms. The molecule has 2 N–H and O–H groups in total. The van der Waals surface area contributed by atoms with Crippen LogP contribution in [-0.2, 0) is 0 Å². The second kappa shape index (κ2) is 4.22. The number of nitrogens with two attached hydrogens (primary N) is 1. The summed E-state index contributed by atoms with van der Waals surface area (Å²) in [7, 11) is 0. The van der Waals surface area contributed by atoms with Crippen molar-refractivity contribution in [1.29, 1.82) is 5.26 Å². The molecule has 80 valence electrons. The largest absolute Gasteiger partial charge is 0.486 e. The lowest BCUT2D eigenvalue weighted by Crippen LogP contribution is -2.27. The van der Waals surface area contributed by atoms with E-state index < -0.39 is 0 Å². The molecule has 15 heavy (non-hydrogen) atoms. The van der Waals surface area contributed by atoms with Gasteiger partial charge in [0.05, 0.1) is 11.3 Å². The summed E-state index contributed by atoms with van der Waals surface area (Å²) in [5, 5.41) is 8.81. The van der Waals surface area contributed by atoms with E-state index in [1.54, 1.807) is 18.2 Å². The van der Waals surface area contributed by atoms with Crippen molar-refractivity contribution in [2.24, 2.45) is 0 Å². The minimum Gasteiger partial charge on any atom is -0.486 e. The number of nitriles is 1. The van der Waals surface area contributed by atoms with Crippen LogP contribution in [0.25, 0.3) is 0 Å². The van der Waals surface area contributed by atoms with Crippen LogP contribution in [0.2, 0.25) is 0 Å². The van der Waals surface area contributed by atoms with Gasteiger partial charge in [0.15, 0.2) is 0 Å². The molecule has 0 radical (unpaired) electrons. The number of hydrogen-bond donors (Lipinski definition) is 1. The maximum Gasteiger partial charge on any atom is 0.144 e. The summed E-state index contributed by atoms with van der Waals surface area (Å²) in [6, 6.07) is 7.28. The minimum absolute atomic E-state index is 0.262. The van der Waals surface area contributed by atoms with Gasteiger partial charge in [-0.2, -0.15) is 5.26 Å². The molecule has 0 amide bonds. The van der Waals surface area contributed by atoms with Gasteiger partial charge >= 0.3 is 0 Å². The predicted octanol–water partition coefficient (Wildman–Crippen LogP) is 2.71. The number of nitrogen functional groups attached to an aromatic ring is 1. The van der Waals surface area contributed by atoms with Crippen molar-refractivity contribution in [2.45, 2.75) is 32.8 Å². The van der Waals surface area contributed by atoms with Crippen molar-refractivity contribution in [3.8, 4) is 11.8 Å². The number of nitrogens with zero attached hydrogens (tertiary/aromatic N) is 1. The van der Waals surface area contributed by atoms with E-state index in [9.17, 15) is 0 Å². The lowest BCUT2D eigenvalue weighted by molar-refractivity contribution is 0.106. The lowest BCUT2D eigenvalue weighted by atomic mass is 10.1. The molecule has 0 aliphatic rings. The number of para-hydroxylation sites is 1. The van der Waals surface area contributed by atoms with Gasteiger partial charge in [-0.05, 0) is 32.4 Å². The molecule has 0 aromatic heterocycles. The number of hydrogen-bond acceptors (Lipinski definition) is 3. The smallest absolute Gasteiger partial charge is 0.144 e. The van der Waals surface area contributed by atoms with Gasteiger partial charge in [0.2, 0.25) is 0 Å². The van der Waals surface area contributed by atoms with Crippen LogP contribution in [0.4, 0.5) is 5.69 Å². The molecule has 0 aliphatic carbocycles. The van der Waals surface area contributed by atoms with Crippen LogP contribution in [0, 0.1) is 11.3 Å². The molecule has 1 aromatic rings. The van der Waals surface area contributed by atoms with Crippen molar-refractivity contribution >= 4 is 5.69 Å². The van der Waals surface area contributed by atoms with Gasteiger partial charge < -0.3 is 10.5 Å². The first-order valence-corrected chi connectivity index (χ1v) is 4.98. The SMILES string of the molecule is CCC(C)(C)Oc1cccc(C#N)c1N. The summed E-state index contributed by atoms with van der Waals surface area (Å²) < 4.78 is 5.75. The molecule has 0 aliphatic heterocycles. The third kappa shape index (κ3) is 2.63. The summed E-state index contributed by atoms with van der Waals surface area (Å²) in [4.78, 5) is 0. The fraction of sp³-hybridized carbons (Fsp3) is 0.417. The molecule has 0 saturated heterocycles. The van der Waals surface area contributed by atoms with Gasteiger partial charge in [-0.1, -0.05) is 13.0 Å². The van der Waals surface area contributed by atoms with Crippen LogP contribution < -0.4 is 10.5 Å². The normalized spacial score (nSPS) is 10.8. The van der Waals surface area contributed by atoms with Gasteiger partial charge in [-0.15, -0.1) is 0 Å². The first-order valence-electron chi connectivity index (χ1n) is 4.98. The van der Waals surface area contributed by atoms with Gasteiger partial charge in [0.25, 0.3) is 0 Å². The minimum atomic E-state index is -0.262. The molecule has 0 fully saturated rings. The number of anilines is 1. The Bertz CT molecular complexity index is 391. The zero-order valence-electron chi connectivity index (χ0n) is 9.37. The second-order valence-electron chi connectivity index (χ2n) is 4.04. The predicted molar refractivity (Wildman–Crippen MR) is 60.6 cm³/mol. The first kappa shape index (κ1) is 11.4. The maximum absolute atomic E-state index is 8.81. The Morgan fingerprint density at radius 1 is 1.47 bits per heavy atom. The molecule has 0 heterocycles. The van der Waals surface area contributed by atoms with E-state index >= 15 is 0 Å². The summed E-state index contributed by atoms with van der Waals surface area (Å²) in [6.07, 6.45) is 0.878. The first-order chi connectivity index (χ1) is 7.00. The quantitative estimate of drug-likeness (QED) is 0.770. The van der Waals surface area contributed by atoms with E-state index in [-0.39, 0.29) is 5.60 Å². The summed E-state index contributed by atoms with van der Waals surface area (Å²) in [5.74, 6) is 0.584. The third-order valence-corrected chi connectivity index (χ3v) is 2.42. The van der Waals surface area contributed by atoms with Gasteiger partial charge in [0.1, 0.15) is 17.4 Å². The summed E-state index contributed by atoms with van der Waals surface area (Å²) in [6.45, 7) is 6.03. The van der Waals surface area contributed by atoms with Crippen molar-refractivity contribution in [3.05, 3.63) is 23.8 Å². The average molecular weight is 204 g/mol. The Morgan fingerprint density at radius 2 is 2.13 bits per heavy atom. The molecule has 3 heteroatoms. The molecular weight excluding hydrogens is 188 g/mol. The Kier molecular flexibility index (Phi) is 3.21. The van der Waals surface area contributed by atoms with E-state index in [1.165, 1.54) is 0 Å². The molecule has 0 unspecified atom stereocenters. The van der Waals surface area contributed by atoms with Crippen LogP contribution in [0.1, 0.15) is 32.8 Å². The van der Waals surface area contributed by atoms with E-state index in [2.05, 4.69) is 0 Å². The molecule has 0 atom stereocenters. The van der Waals surface area contributed by atoms with Gasteiger partial charge in [0, 0.05) is 0 Å². The van der Waals surface area contributed by atoms with Crippen LogP contribution in [-0.4, -0.2) is 5.60 Å². The fourth-order valence-corrected chi connectivity index (χ4v) is 1.10. The Balaban J connectivity index is 3.02. The van der Waals surface area contributed by atoms with E-state index in [4.69, 9.17) is 15.7 Å². The van der Waals surface area contributed by atoms with E-state index in [0.717, 1.165) is 6.42 Å². The van der Waals surface area contributed by atoms with E-state index in [1.807, 2.05) is 26.8 Å². The topological polar surface area (TPSA) is 59.0 Å². The zero-order valence-corrected chi connectivity index (χ0v) is 9.37. The maximum atomic E-state index is 8.81. The monoisotopic (exact) mass is 204 g/mol. The second-order valence-corrected chi connectivity index (χ2v) is 4.04. The van der Waals surface area contributed by atoms with Gasteiger partial charge in [-0.3, -0.25) is 0 Å². The molecular formula is C12H16N2O. The Hall–Kier alpha value is -1.69. The molecule has 1 rings (SSSR count). The molecule has 0 saturated carbocycles. The third-order valence-electron chi connectivity index (χ3n) is 2.42. The van der Waals surface area contributed by atoms with Crippen molar-refractivity contribution in [2.75, 3.05) is 5.73 Å². The van der Waals surface area contributed by atoms with Gasteiger partial charge in [-0.25, -0.2) is 0 Å². The standard InChI is InChI=1S/C12H16N2O/c1-4-12(2,3)15-10-7-5-6-9(8-13)11(10)14/h5-7H,4,14H2,1-3H3. The van der Waals surface area contributed by atoms with Crippen LogP contribution in [0.5, 0.6) is 5.75 Å². The van der Waals surface area contributed by atoms with Crippen LogP contribution in [0.3, 0.4) is 0 Å². The number of benzene rings is 1. The average Bonchev–Trinajstić information content (AvgIpc) is 2.21.